The monoisotopic (exact) mass is 349 g/mol. The maximum absolute atomic E-state index is 13.4. The molecule has 4 nitrogen and oxygen atoms in total. The molecule has 3 rings (SSSR count). The Morgan fingerprint density at radius 3 is 2.83 bits per heavy atom. The van der Waals surface area contributed by atoms with E-state index in [2.05, 4.69) is 4.72 Å². The van der Waals surface area contributed by atoms with Crippen molar-refractivity contribution in [3.63, 3.8) is 0 Å². The molecule has 1 atom stereocenters. The van der Waals surface area contributed by atoms with Gasteiger partial charge in [-0.2, -0.15) is 0 Å². The van der Waals surface area contributed by atoms with Crippen molar-refractivity contribution < 1.29 is 18.8 Å². The lowest BCUT2D eigenvalue weighted by molar-refractivity contribution is 0.0697. The summed E-state index contributed by atoms with van der Waals surface area (Å²) >= 11 is -0.229. The van der Waals surface area contributed by atoms with Gasteiger partial charge in [-0.15, -0.1) is 0 Å². The highest BCUT2D eigenvalue weighted by atomic mass is 32.2. The molecule has 0 aliphatic heterocycles. The topological polar surface area (TPSA) is 72.4 Å². The van der Waals surface area contributed by atoms with Crippen molar-refractivity contribution >= 4 is 44.4 Å². The highest BCUT2D eigenvalue weighted by molar-refractivity contribution is 7.94. The van der Waals surface area contributed by atoms with E-state index in [0.717, 1.165) is 15.6 Å². The minimum atomic E-state index is -1.55. The zero-order valence-electron chi connectivity index (χ0n) is 12.0. The van der Waals surface area contributed by atoms with Crippen LogP contribution in [0.1, 0.15) is 15.9 Å². The molecule has 0 saturated carbocycles. The van der Waals surface area contributed by atoms with Crippen LogP contribution in [0, 0.1) is 12.7 Å². The van der Waals surface area contributed by atoms with E-state index in [9.17, 15) is 13.7 Å². The first-order valence-corrected chi connectivity index (χ1v) is 8.63. The van der Waals surface area contributed by atoms with E-state index >= 15 is 0 Å². The number of hydrogen-bond acceptors (Lipinski definition) is 4. The standard InChI is InChI=1S/C16H12FNO3S2/c1-9-13-8-11(17)5-6-14(13)22-16(9)23(21)18-12-4-2-3-10(7-12)15(19)20/h2-8,18H,1H3,(H,19,20). The van der Waals surface area contributed by atoms with Crippen molar-refractivity contribution in [2.45, 2.75) is 11.1 Å². The molecule has 23 heavy (non-hydrogen) atoms. The number of benzene rings is 2. The molecule has 1 heterocycles. The maximum Gasteiger partial charge on any atom is 0.335 e. The zero-order chi connectivity index (χ0) is 16.6. The number of carboxylic acid groups (broad SMARTS) is 1. The molecule has 0 aliphatic carbocycles. The van der Waals surface area contributed by atoms with Gasteiger partial charge in [-0.25, -0.2) is 13.9 Å². The van der Waals surface area contributed by atoms with Gasteiger partial charge in [-0.05, 0) is 43.3 Å². The number of hydrogen-bond donors (Lipinski definition) is 2. The van der Waals surface area contributed by atoms with Crippen LogP contribution in [-0.2, 0) is 11.4 Å². The fourth-order valence-electron chi connectivity index (χ4n) is 2.22. The number of carbonyl (C=O) groups is 1. The number of aromatic carboxylic acids is 1. The number of carboxylic acids is 1. The Labute approximate surface area is 138 Å². The van der Waals surface area contributed by atoms with E-state index in [-0.39, 0.29) is 11.4 Å². The Kier molecular flexibility index (Phi) is 4.25. The van der Waals surface area contributed by atoms with Gasteiger partial charge < -0.3 is 9.66 Å². The predicted octanol–water partition coefficient (Wildman–Crippen LogP) is 4.18. The summed E-state index contributed by atoms with van der Waals surface area (Å²) in [6, 6.07) is 10.6. The second-order valence-corrected chi connectivity index (χ2v) is 7.37. The van der Waals surface area contributed by atoms with Gasteiger partial charge in [0.05, 0.1) is 11.3 Å². The molecule has 2 N–H and O–H groups in total. The van der Waals surface area contributed by atoms with Crippen molar-refractivity contribution in [2.75, 3.05) is 4.72 Å². The van der Waals surface area contributed by atoms with Gasteiger partial charge in [0.15, 0.2) is 0 Å². The highest BCUT2D eigenvalue weighted by Gasteiger charge is 2.21. The normalized spacial score (nSPS) is 12.3. The number of halogens is 1. The van der Waals surface area contributed by atoms with Crippen LogP contribution >= 0.6 is 11.3 Å². The van der Waals surface area contributed by atoms with Crippen LogP contribution < -0.4 is 4.72 Å². The summed E-state index contributed by atoms with van der Waals surface area (Å²) in [6.07, 6.45) is 0. The Morgan fingerprint density at radius 1 is 1.30 bits per heavy atom. The van der Waals surface area contributed by atoms with Crippen molar-refractivity contribution in [2.24, 2.45) is 0 Å². The number of fused-ring (bicyclic) bond motifs is 1. The third-order valence-corrected chi connectivity index (χ3v) is 6.18. The third-order valence-electron chi connectivity index (χ3n) is 3.34. The van der Waals surface area contributed by atoms with Crippen molar-refractivity contribution in [3.05, 3.63) is 59.4 Å². The number of aryl methyl sites for hydroxylation is 1. The fraction of sp³-hybridized carbons (Fsp3) is 0.0625. The van der Waals surface area contributed by atoms with Crippen LogP contribution in [0.15, 0.2) is 46.7 Å². The maximum atomic E-state index is 13.4. The second-order valence-electron chi connectivity index (χ2n) is 4.91. The predicted molar refractivity (Wildman–Crippen MR) is 90.0 cm³/mol. The number of anilines is 1. The number of rotatable bonds is 4. The van der Waals surface area contributed by atoms with Crippen LogP contribution in [-0.4, -0.2) is 15.6 Å². The van der Waals surface area contributed by atoms with E-state index in [0.29, 0.717) is 9.90 Å². The Hall–Kier alpha value is -2.09. The summed E-state index contributed by atoms with van der Waals surface area (Å²) in [5.41, 5.74) is 1.32. The summed E-state index contributed by atoms with van der Waals surface area (Å²) in [5, 5.41) is 9.72. The molecule has 0 fully saturated rings. The molecule has 1 unspecified atom stereocenters. The molecular weight excluding hydrogens is 337 g/mol. The molecule has 118 valence electrons. The van der Waals surface area contributed by atoms with Gasteiger partial charge in [0.2, 0.25) is 4.21 Å². The van der Waals surface area contributed by atoms with Crippen molar-refractivity contribution in [1.29, 1.82) is 0 Å². The Morgan fingerprint density at radius 2 is 2.09 bits per heavy atom. The first-order chi connectivity index (χ1) is 11.0. The van der Waals surface area contributed by atoms with Gasteiger partial charge in [0.1, 0.15) is 17.2 Å². The molecule has 1 aromatic heterocycles. The largest absolute Gasteiger partial charge is 0.587 e. The van der Waals surface area contributed by atoms with Gasteiger partial charge in [0.25, 0.3) is 0 Å². The van der Waals surface area contributed by atoms with E-state index < -0.39 is 17.3 Å². The van der Waals surface area contributed by atoms with Crippen LogP contribution in [0.4, 0.5) is 10.1 Å². The molecule has 3 aromatic rings. The first-order valence-electron chi connectivity index (χ1n) is 6.66. The van der Waals surface area contributed by atoms with E-state index in [1.165, 1.54) is 35.6 Å². The van der Waals surface area contributed by atoms with Crippen molar-refractivity contribution in [3.8, 4) is 0 Å². The fourth-order valence-corrected chi connectivity index (χ4v) is 4.66. The van der Waals surface area contributed by atoms with Crippen molar-refractivity contribution in [1.82, 2.24) is 0 Å². The van der Waals surface area contributed by atoms with Gasteiger partial charge in [-0.1, -0.05) is 17.4 Å². The number of nitrogens with one attached hydrogen (secondary N) is 1. The van der Waals surface area contributed by atoms with Gasteiger partial charge in [0, 0.05) is 15.6 Å². The molecule has 0 amide bonds. The van der Waals surface area contributed by atoms with E-state index in [1.807, 2.05) is 0 Å². The summed E-state index contributed by atoms with van der Waals surface area (Å²) < 4.78 is 30.1. The average Bonchev–Trinajstić information content (AvgIpc) is 2.84. The minimum Gasteiger partial charge on any atom is -0.587 e. The van der Waals surface area contributed by atoms with E-state index in [1.54, 1.807) is 25.1 Å². The summed E-state index contributed by atoms with van der Waals surface area (Å²) in [6.45, 7) is 1.79. The van der Waals surface area contributed by atoms with Crippen LogP contribution in [0.25, 0.3) is 10.1 Å². The molecule has 0 saturated heterocycles. The Balaban J connectivity index is 1.91. The molecule has 0 bridgehead atoms. The lowest BCUT2D eigenvalue weighted by Gasteiger charge is -2.11. The molecule has 7 heteroatoms. The highest BCUT2D eigenvalue weighted by Crippen LogP contribution is 2.35. The van der Waals surface area contributed by atoms with Gasteiger partial charge in [-0.3, -0.25) is 0 Å². The lowest BCUT2D eigenvalue weighted by Crippen LogP contribution is -2.13. The SMILES string of the molecule is Cc1c([S+]([O-])Nc2cccc(C(=O)O)c2)sc2ccc(F)cc12. The summed E-state index contributed by atoms with van der Waals surface area (Å²) in [7, 11) is 0. The van der Waals surface area contributed by atoms with Crippen LogP contribution in [0.3, 0.4) is 0 Å². The average molecular weight is 349 g/mol. The second kappa shape index (κ2) is 6.19. The van der Waals surface area contributed by atoms with E-state index in [4.69, 9.17) is 5.11 Å². The molecular formula is C16H12FNO3S2. The molecule has 0 radical (unpaired) electrons. The smallest absolute Gasteiger partial charge is 0.335 e. The summed E-state index contributed by atoms with van der Waals surface area (Å²) in [4.78, 5) is 11.0. The molecule has 2 aromatic carbocycles. The van der Waals surface area contributed by atoms with Crippen LogP contribution in [0.2, 0.25) is 0 Å². The minimum absolute atomic E-state index is 0.113. The van der Waals surface area contributed by atoms with Gasteiger partial charge >= 0.3 is 5.97 Å². The number of thiophene rings is 1. The van der Waals surface area contributed by atoms with Crippen LogP contribution in [0.5, 0.6) is 0 Å². The summed E-state index contributed by atoms with van der Waals surface area (Å²) in [5.74, 6) is -1.38. The Bertz CT molecular complexity index is 894. The molecule has 0 aliphatic rings. The molecule has 0 spiro atoms. The quantitative estimate of drug-likeness (QED) is 0.693. The lowest BCUT2D eigenvalue weighted by atomic mass is 10.2. The first kappa shape index (κ1) is 15.8. The zero-order valence-corrected chi connectivity index (χ0v) is 13.6. The third kappa shape index (κ3) is 3.17.